The van der Waals surface area contributed by atoms with Gasteiger partial charge in [-0.3, -0.25) is 9.13 Å². The van der Waals surface area contributed by atoms with Crippen molar-refractivity contribution in [1.82, 2.24) is 0 Å². The topological polar surface area (TPSA) is 89.5 Å². The third-order valence-corrected chi connectivity index (χ3v) is 8.30. The first kappa shape index (κ1) is 33.2. The molecule has 0 aliphatic carbocycles. The maximum Gasteiger partial charge on any atom is 0.200 e. The fraction of sp³-hybridized carbons (Fsp3) is 1.00. The highest BCUT2D eigenvalue weighted by Gasteiger charge is 2.24. The summed E-state index contributed by atoms with van der Waals surface area (Å²) in [6, 6.07) is 0. The van der Waals surface area contributed by atoms with E-state index in [1.54, 1.807) is 13.3 Å². The molecular formula is C23H50O8P2. The van der Waals surface area contributed by atoms with Crippen molar-refractivity contribution in [3.05, 3.63) is 0 Å². The molecule has 0 fully saturated rings. The summed E-state index contributed by atoms with van der Waals surface area (Å²) in [4.78, 5) is 0. The van der Waals surface area contributed by atoms with Crippen LogP contribution >= 0.6 is 14.7 Å². The number of hydrogen-bond donors (Lipinski definition) is 0. The van der Waals surface area contributed by atoms with Crippen LogP contribution in [0.25, 0.3) is 0 Å². The van der Waals surface area contributed by atoms with Crippen molar-refractivity contribution in [3.63, 3.8) is 0 Å². The van der Waals surface area contributed by atoms with Crippen LogP contribution in [0.4, 0.5) is 0 Å². The molecule has 0 aromatic carbocycles. The molecule has 0 N–H and O–H groups in total. The average molecular weight is 517 g/mol. The molecule has 0 aromatic rings. The molecule has 0 saturated carbocycles. The molecule has 10 heteroatoms. The van der Waals surface area contributed by atoms with E-state index in [0.29, 0.717) is 38.4 Å². The van der Waals surface area contributed by atoms with Crippen molar-refractivity contribution in [1.29, 1.82) is 0 Å². The van der Waals surface area contributed by atoms with Gasteiger partial charge >= 0.3 is 0 Å². The lowest BCUT2D eigenvalue weighted by Crippen LogP contribution is -2.29. The van der Waals surface area contributed by atoms with Crippen LogP contribution in [0, 0.1) is 0 Å². The minimum Gasteiger partial charge on any atom is -0.376 e. The van der Waals surface area contributed by atoms with Gasteiger partial charge in [0.1, 0.15) is 6.79 Å². The summed E-state index contributed by atoms with van der Waals surface area (Å²) in [6.07, 6.45) is 1.28. The predicted molar refractivity (Wildman–Crippen MR) is 135 cm³/mol. The second-order valence-electron chi connectivity index (χ2n) is 9.82. The van der Waals surface area contributed by atoms with E-state index < -0.39 is 14.7 Å². The molecule has 0 heterocycles. The van der Waals surface area contributed by atoms with Gasteiger partial charge in [-0.2, -0.15) is 0 Å². The van der Waals surface area contributed by atoms with Crippen molar-refractivity contribution < 1.29 is 37.1 Å². The van der Waals surface area contributed by atoms with Crippen LogP contribution < -0.4 is 0 Å². The summed E-state index contributed by atoms with van der Waals surface area (Å²) < 4.78 is 59.8. The normalized spacial score (nSPS) is 18.1. The molecule has 4 atom stereocenters. The van der Waals surface area contributed by atoms with Crippen molar-refractivity contribution in [2.45, 2.75) is 105 Å². The minimum absolute atomic E-state index is 0.0380. The van der Waals surface area contributed by atoms with Crippen LogP contribution in [0.1, 0.15) is 68.2 Å². The van der Waals surface area contributed by atoms with E-state index >= 15 is 0 Å². The lowest BCUT2D eigenvalue weighted by atomic mass is 10.3. The molecule has 0 radical (unpaired) electrons. The first-order valence-corrected chi connectivity index (χ1v) is 16.6. The quantitative estimate of drug-likeness (QED) is 0.144. The Morgan fingerprint density at radius 2 is 0.879 bits per heavy atom. The molecule has 0 amide bonds. The van der Waals surface area contributed by atoms with E-state index in [1.807, 2.05) is 55.4 Å². The van der Waals surface area contributed by atoms with E-state index in [0.717, 1.165) is 0 Å². The van der Waals surface area contributed by atoms with E-state index in [1.165, 1.54) is 0 Å². The van der Waals surface area contributed by atoms with Crippen LogP contribution in [0.3, 0.4) is 0 Å². The molecule has 0 aliphatic heterocycles. The van der Waals surface area contributed by atoms with Crippen molar-refractivity contribution in [2.75, 3.05) is 45.7 Å². The smallest absolute Gasteiger partial charge is 0.200 e. The number of rotatable bonds is 20. The lowest BCUT2D eigenvalue weighted by Gasteiger charge is -2.25. The first-order valence-electron chi connectivity index (χ1n) is 12.1. The number of hydrogen-bond acceptors (Lipinski definition) is 8. The van der Waals surface area contributed by atoms with Gasteiger partial charge in [-0.25, -0.2) is 0 Å². The van der Waals surface area contributed by atoms with Crippen molar-refractivity contribution >= 4 is 14.7 Å². The van der Waals surface area contributed by atoms with Crippen LogP contribution in [0.5, 0.6) is 0 Å². The van der Waals surface area contributed by atoms with Gasteiger partial charge in [0.15, 0.2) is 0 Å². The molecule has 0 aliphatic rings. The van der Waals surface area contributed by atoms with E-state index in [4.69, 9.17) is 28.0 Å². The van der Waals surface area contributed by atoms with Gasteiger partial charge in [-0.1, -0.05) is 0 Å². The SMILES string of the molecule is CC(C)OCC(CCP(C)(=O)OC(C)C)OCOC(CCP(C)(=O)OC(C)C)COC(C)C. The highest BCUT2D eigenvalue weighted by atomic mass is 31.2. The summed E-state index contributed by atoms with van der Waals surface area (Å²) in [5, 5.41) is 0. The zero-order valence-corrected chi connectivity index (χ0v) is 24.4. The second-order valence-corrected chi connectivity index (χ2v) is 15.2. The lowest BCUT2D eigenvalue weighted by molar-refractivity contribution is -0.151. The maximum absolute atomic E-state index is 12.6. The fourth-order valence-corrected chi connectivity index (χ4v) is 6.52. The summed E-state index contributed by atoms with van der Waals surface area (Å²) >= 11 is 0. The van der Waals surface area contributed by atoms with Crippen molar-refractivity contribution in [3.8, 4) is 0 Å². The zero-order chi connectivity index (χ0) is 25.7. The van der Waals surface area contributed by atoms with Gasteiger partial charge in [0.25, 0.3) is 0 Å². The molecular weight excluding hydrogens is 466 g/mol. The Balaban J connectivity index is 4.87. The molecule has 200 valence electrons. The van der Waals surface area contributed by atoms with Crippen LogP contribution in [-0.4, -0.2) is 82.3 Å². The Kier molecular flexibility index (Phi) is 16.9. The molecule has 33 heavy (non-hydrogen) atoms. The van der Waals surface area contributed by atoms with Gasteiger partial charge < -0.3 is 28.0 Å². The molecule has 0 rings (SSSR count). The van der Waals surface area contributed by atoms with E-state index in [2.05, 4.69) is 0 Å². The molecule has 8 nitrogen and oxygen atoms in total. The molecule has 0 saturated heterocycles. The van der Waals surface area contributed by atoms with Crippen LogP contribution in [0.15, 0.2) is 0 Å². The van der Waals surface area contributed by atoms with Gasteiger partial charge in [0.2, 0.25) is 14.7 Å². The monoisotopic (exact) mass is 516 g/mol. The van der Waals surface area contributed by atoms with Crippen LogP contribution in [0.2, 0.25) is 0 Å². The minimum atomic E-state index is -2.71. The van der Waals surface area contributed by atoms with E-state index in [-0.39, 0.29) is 43.4 Å². The summed E-state index contributed by atoms with van der Waals surface area (Å²) in [5.41, 5.74) is 0. The largest absolute Gasteiger partial charge is 0.376 e. The predicted octanol–water partition coefficient (Wildman–Crippen LogP) is 6.01. The Morgan fingerprint density at radius 1 is 0.545 bits per heavy atom. The third kappa shape index (κ3) is 20.1. The third-order valence-electron chi connectivity index (χ3n) is 4.42. The Morgan fingerprint density at radius 3 is 1.15 bits per heavy atom. The summed E-state index contributed by atoms with van der Waals surface area (Å²) in [6.45, 7) is 19.5. The van der Waals surface area contributed by atoms with Gasteiger partial charge in [-0.05, 0) is 68.2 Å². The molecule has 4 unspecified atom stereocenters. The Bertz CT molecular complexity index is 545. The maximum atomic E-state index is 12.6. The zero-order valence-electron chi connectivity index (χ0n) is 22.6. The summed E-state index contributed by atoms with van der Waals surface area (Å²) in [7, 11) is -5.41. The highest BCUT2D eigenvalue weighted by molar-refractivity contribution is 7.58. The molecule has 0 spiro atoms. The Labute approximate surface area is 202 Å². The second kappa shape index (κ2) is 16.8. The Hall–Kier alpha value is 0.220. The average Bonchev–Trinajstić information content (AvgIpc) is 2.62. The summed E-state index contributed by atoms with van der Waals surface area (Å²) in [5.74, 6) is 0. The van der Waals surface area contributed by atoms with Crippen molar-refractivity contribution in [2.24, 2.45) is 0 Å². The highest BCUT2D eigenvalue weighted by Crippen LogP contribution is 2.45. The standard InChI is InChI=1S/C23H50O8P2/c1-18(2)26-15-22(11-13-32(9,24)30-20(5)6)28-17-29-23(16-27-19(3)4)12-14-33(10,25)31-21(7)8/h18-23H,11-17H2,1-10H3. The van der Waals surface area contributed by atoms with Gasteiger partial charge in [-0.15, -0.1) is 0 Å². The first-order chi connectivity index (χ1) is 15.1. The molecule has 0 bridgehead atoms. The van der Waals surface area contributed by atoms with Crippen LogP contribution in [-0.2, 0) is 37.1 Å². The van der Waals surface area contributed by atoms with E-state index in [9.17, 15) is 9.13 Å². The molecule has 0 aromatic heterocycles. The number of ether oxygens (including phenoxy) is 4. The van der Waals surface area contributed by atoms with Gasteiger partial charge in [0, 0.05) is 25.7 Å². The fourth-order valence-electron chi connectivity index (χ4n) is 3.02. The van der Waals surface area contributed by atoms with Gasteiger partial charge in [0.05, 0.1) is 49.8 Å².